The van der Waals surface area contributed by atoms with Gasteiger partial charge in [0.05, 0.1) is 12.6 Å². The smallest absolute Gasteiger partial charge is 0.336 e. The second-order valence-electron chi connectivity index (χ2n) is 6.22. The van der Waals surface area contributed by atoms with E-state index in [1.165, 1.54) is 16.7 Å². The Morgan fingerprint density at radius 2 is 2.04 bits per heavy atom. The molecule has 0 saturated heterocycles. The summed E-state index contributed by atoms with van der Waals surface area (Å²) in [7, 11) is 0. The van der Waals surface area contributed by atoms with Gasteiger partial charge in [0.1, 0.15) is 16.9 Å². The number of hydrogen-bond acceptors (Lipinski definition) is 5. The number of carbonyl (C=O) groups excluding carboxylic acids is 1. The highest BCUT2D eigenvalue weighted by Gasteiger charge is 2.13. The molecule has 0 atom stereocenters. The van der Waals surface area contributed by atoms with Crippen molar-refractivity contribution >= 4 is 28.2 Å². The molecule has 1 N–H and O–H groups in total. The van der Waals surface area contributed by atoms with Crippen molar-refractivity contribution in [1.29, 1.82) is 0 Å². The Morgan fingerprint density at radius 1 is 1.19 bits per heavy atom. The lowest BCUT2D eigenvalue weighted by Gasteiger charge is -2.08. The van der Waals surface area contributed by atoms with Crippen LogP contribution in [0.25, 0.3) is 16.6 Å². The first-order chi connectivity index (χ1) is 13.0. The fourth-order valence-electron chi connectivity index (χ4n) is 2.96. The summed E-state index contributed by atoms with van der Waals surface area (Å²) in [6.07, 6.45) is 2.84. The molecule has 4 rings (SSSR count). The predicted molar refractivity (Wildman–Crippen MR) is 101 cm³/mol. The lowest BCUT2D eigenvalue weighted by molar-refractivity contribution is -0.115. The number of aryl methyl sites for hydroxylation is 1. The summed E-state index contributed by atoms with van der Waals surface area (Å²) >= 11 is 0. The number of hydrogen-bond donors (Lipinski definition) is 1. The highest BCUT2D eigenvalue weighted by atomic mass is 16.4. The highest BCUT2D eigenvalue weighted by molar-refractivity contribution is 5.95. The Hall–Kier alpha value is -3.74. The molecule has 3 aromatic heterocycles. The number of aromatic nitrogens is 2. The van der Waals surface area contributed by atoms with Gasteiger partial charge in [0.2, 0.25) is 5.91 Å². The van der Waals surface area contributed by atoms with Crippen LogP contribution < -0.4 is 16.5 Å². The van der Waals surface area contributed by atoms with Gasteiger partial charge in [-0.1, -0.05) is 18.2 Å². The fourth-order valence-corrected chi connectivity index (χ4v) is 2.96. The van der Waals surface area contributed by atoms with Gasteiger partial charge in [-0.15, -0.1) is 0 Å². The van der Waals surface area contributed by atoms with Crippen LogP contribution in [0.3, 0.4) is 0 Å². The number of anilines is 1. The van der Waals surface area contributed by atoms with Crippen LogP contribution in [0.15, 0.2) is 68.9 Å². The Morgan fingerprint density at radius 3 is 2.89 bits per heavy atom. The average molecular weight is 361 g/mol. The van der Waals surface area contributed by atoms with Crippen LogP contribution >= 0.6 is 0 Å². The molecule has 7 nitrogen and oxygen atoms in total. The largest absolute Gasteiger partial charge is 0.423 e. The SMILES string of the molecule is Cc1ccc2c(CC(=O)Nc3cnc4ccccn4c3=O)cc(=O)oc2c1. The van der Waals surface area contributed by atoms with E-state index in [1.54, 1.807) is 30.5 Å². The van der Waals surface area contributed by atoms with Crippen molar-refractivity contribution < 1.29 is 9.21 Å². The molecule has 7 heteroatoms. The van der Waals surface area contributed by atoms with Crippen molar-refractivity contribution in [2.75, 3.05) is 5.32 Å². The molecular formula is C20H15N3O4. The van der Waals surface area contributed by atoms with Gasteiger partial charge in [-0.25, -0.2) is 9.78 Å². The summed E-state index contributed by atoms with van der Waals surface area (Å²) in [6, 6.07) is 11.9. The van der Waals surface area contributed by atoms with E-state index in [4.69, 9.17) is 4.42 Å². The van der Waals surface area contributed by atoms with Gasteiger partial charge in [0.25, 0.3) is 5.56 Å². The van der Waals surface area contributed by atoms with Crippen LogP contribution in [0.1, 0.15) is 11.1 Å². The van der Waals surface area contributed by atoms with Crippen LogP contribution in [-0.4, -0.2) is 15.3 Å². The second kappa shape index (κ2) is 6.53. The lowest BCUT2D eigenvalue weighted by Crippen LogP contribution is -2.24. The fraction of sp³-hybridized carbons (Fsp3) is 0.100. The molecular weight excluding hydrogens is 346 g/mol. The Labute approximate surface area is 152 Å². The molecule has 0 aliphatic carbocycles. The Bertz CT molecular complexity index is 1300. The first-order valence-corrected chi connectivity index (χ1v) is 8.31. The molecule has 0 aliphatic heterocycles. The number of pyridine rings is 1. The Kier molecular flexibility index (Phi) is 4.04. The molecule has 0 bridgehead atoms. The number of nitrogens with one attached hydrogen (secondary N) is 1. The number of rotatable bonds is 3. The predicted octanol–water partition coefficient (Wildman–Crippen LogP) is 2.29. The molecule has 0 aliphatic rings. The van der Waals surface area contributed by atoms with Crippen molar-refractivity contribution in [3.63, 3.8) is 0 Å². The van der Waals surface area contributed by atoms with E-state index in [-0.39, 0.29) is 17.7 Å². The average Bonchev–Trinajstić information content (AvgIpc) is 2.63. The maximum Gasteiger partial charge on any atom is 0.336 e. The third kappa shape index (κ3) is 3.22. The molecule has 0 unspecified atom stereocenters. The van der Waals surface area contributed by atoms with Crippen molar-refractivity contribution in [1.82, 2.24) is 9.38 Å². The molecule has 0 fully saturated rings. The first-order valence-electron chi connectivity index (χ1n) is 8.31. The molecule has 0 spiro atoms. The molecule has 27 heavy (non-hydrogen) atoms. The number of fused-ring (bicyclic) bond motifs is 2. The summed E-state index contributed by atoms with van der Waals surface area (Å²) in [5.41, 5.74) is 1.58. The molecule has 3 heterocycles. The van der Waals surface area contributed by atoms with Crippen molar-refractivity contribution in [2.45, 2.75) is 13.3 Å². The zero-order valence-electron chi connectivity index (χ0n) is 14.4. The van der Waals surface area contributed by atoms with E-state index in [2.05, 4.69) is 10.3 Å². The molecule has 0 saturated carbocycles. The van der Waals surface area contributed by atoms with E-state index in [0.29, 0.717) is 22.2 Å². The van der Waals surface area contributed by atoms with Gasteiger partial charge < -0.3 is 9.73 Å². The summed E-state index contributed by atoms with van der Waals surface area (Å²) in [5.74, 6) is -0.419. The second-order valence-corrected chi connectivity index (χ2v) is 6.22. The van der Waals surface area contributed by atoms with Crippen LogP contribution in [-0.2, 0) is 11.2 Å². The van der Waals surface area contributed by atoms with Gasteiger partial charge in [0.15, 0.2) is 0 Å². The van der Waals surface area contributed by atoms with Gasteiger partial charge in [-0.05, 0) is 36.2 Å². The Balaban J connectivity index is 1.66. The molecule has 1 aromatic carbocycles. The summed E-state index contributed by atoms with van der Waals surface area (Å²) in [4.78, 5) is 40.9. The van der Waals surface area contributed by atoms with Gasteiger partial charge in [-0.2, -0.15) is 0 Å². The zero-order valence-corrected chi connectivity index (χ0v) is 14.4. The van der Waals surface area contributed by atoms with Crippen LogP contribution in [0.5, 0.6) is 0 Å². The minimum atomic E-state index is -0.525. The van der Waals surface area contributed by atoms with Crippen LogP contribution in [0.4, 0.5) is 5.69 Å². The number of carbonyl (C=O) groups is 1. The summed E-state index contributed by atoms with van der Waals surface area (Å²) in [6.45, 7) is 1.89. The monoisotopic (exact) mass is 361 g/mol. The number of amides is 1. The van der Waals surface area contributed by atoms with Gasteiger partial charge >= 0.3 is 5.63 Å². The van der Waals surface area contributed by atoms with Gasteiger partial charge in [0, 0.05) is 17.6 Å². The maximum atomic E-state index is 12.5. The van der Waals surface area contributed by atoms with E-state index in [1.807, 2.05) is 19.1 Å². The molecule has 0 radical (unpaired) electrons. The first kappa shape index (κ1) is 16.7. The maximum absolute atomic E-state index is 12.5. The third-order valence-electron chi connectivity index (χ3n) is 4.22. The lowest BCUT2D eigenvalue weighted by atomic mass is 10.1. The van der Waals surface area contributed by atoms with Crippen LogP contribution in [0, 0.1) is 6.92 Å². The molecule has 1 amide bonds. The number of nitrogens with zero attached hydrogens (tertiary/aromatic N) is 2. The van der Waals surface area contributed by atoms with E-state index in [9.17, 15) is 14.4 Å². The summed E-state index contributed by atoms with van der Waals surface area (Å²) in [5, 5.41) is 3.26. The number of benzene rings is 1. The molecule has 4 aromatic rings. The highest BCUT2D eigenvalue weighted by Crippen LogP contribution is 2.19. The van der Waals surface area contributed by atoms with E-state index < -0.39 is 11.5 Å². The standard InChI is InChI=1S/C20H15N3O4/c1-12-5-6-14-13(10-19(25)27-16(14)8-12)9-18(24)22-15-11-21-17-4-2-3-7-23(17)20(15)26/h2-8,10-11H,9H2,1H3,(H,22,24). The normalized spacial score (nSPS) is 11.0. The summed E-state index contributed by atoms with van der Waals surface area (Å²) < 4.78 is 6.55. The van der Waals surface area contributed by atoms with Crippen molar-refractivity contribution in [2.24, 2.45) is 0 Å². The zero-order chi connectivity index (χ0) is 19.0. The van der Waals surface area contributed by atoms with E-state index in [0.717, 1.165) is 5.56 Å². The van der Waals surface area contributed by atoms with Crippen LogP contribution in [0.2, 0.25) is 0 Å². The minimum absolute atomic E-state index is 0.0674. The molecule has 134 valence electrons. The third-order valence-corrected chi connectivity index (χ3v) is 4.22. The minimum Gasteiger partial charge on any atom is -0.423 e. The topological polar surface area (TPSA) is 93.7 Å². The van der Waals surface area contributed by atoms with Crippen molar-refractivity contribution in [3.05, 3.63) is 86.8 Å². The van der Waals surface area contributed by atoms with E-state index >= 15 is 0 Å². The van der Waals surface area contributed by atoms with Gasteiger partial charge in [-0.3, -0.25) is 14.0 Å². The quantitative estimate of drug-likeness (QED) is 0.565. The van der Waals surface area contributed by atoms with Crippen molar-refractivity contribution in [3.8, 4) is 0 Å².